The number of nitrogens with zero attached hydrogens (tertiary/aromatic N) is 1. The summed E-state index contributed by atoms with van der Waals surface area (Å²) < 4.78 is 13.7. The summed E-state index contributed by atoms with van der Waals surface area (Å²) in [5.41, 5.74) is 33.4. The summed E-state index contributed by atoms with van der Waals surface area (Å²) in [5.74, 6) is -9.71. The van der Waals surface area contributed by atoms with Gasteiger partial charge in [0.1, 0.15) is 23.9 Å². The number of nitrogens with two attached hydrogens (primary N) is 5. The number of carbonyl (C=O) groups is 9. The highest BCUT2D eigenvalue weighted by Gasteiger charge is 2.37. The summed E-state index contributed by atoms with van der Waals surface area (Å²) in [6, 6.07) is 30.7. The summed E-state index contributed by atoms with van der Waals surface area (Å²) in [4.78, 5) is 137. The molecule has 514 valence electrons. The highest BCUT2D eigenvalue weighted by molar-refractivity contribution is 5.99. The lowest BCUT2D eigenvalue weighted by molar-refractivity contribution is -0.136. The van der Waals surface area contributed by atoms with Crippen molar-refractivity contribution in [2.75, 3.05) is 19.6 Å². The van der Waals surface area contributed by atoms with Gasteiger partial charge >= 0.3 is 0 Å². The Morgan fingerprint density at radius 1 is 0.531 bits per heavy atom. The normalized spacial score (nSPS) is 14.4. The fourth-order valence-corrected chi connectivity index (χ4v) is 11.8. The number of carbonyl (C=O) groups excluding carboxylic acids is 9. The SMILES string of the molecule is C[C@@H](O)[C@H](NC(=O)[C@H](CCCCN)CC(=O)[C@@H](Cc1c[nH]c2ccccc12)NC(=O)[C@@H](CC(=O)[C@H](Cc1ccccc1)NC(=O)[C@H](CCCN=C(N)N)CC(=O)[C@@H](CCCCN)NC(=O)[C@H](N)Cc1ccc(O)cc1)Cc1ccccc1)C(=O)C[C@H](C=O)Cc1ccc(F)cc1. The fourth-order valence-electron chi connectivity index (χ4n) is 11.8. The molecule has 4 amide bonds. The number of hydrogen-bond acceptors (Lipinski definition) is 15. The highest BCUT2D eigenvalue weighted by Crippen LogP contribution is 2.26. The maximum Gasteiger partial charge on any atom is 0.237 e. The van der Waals surface area contributed by atoms with E-state index in [1.54, 1.807) is 79.0 Å². The molecule has 0 unspecified atom stereocenters. The number of phenolic OH excluding ortho intramolecular Hbond substituents is 1. The van der Waals surface area contributed by atoms with Gasteiger partial charge in [-0.05, 0) is 149 Å². The molecule has 0 fully saturated rings. The number of aldehydes is 1. The molecule has 17 N–H and O–H groups in total. The highest BCUT2D eigenvalue weighted by atomic mass is 19.1. The average molecular weight is 1320 g/mol. The van der Waals surface area contributed by atoms with Crippen LogP contribution in [0.2, 0.25) is 0 Å². The number of unbranched alkanes of at least 4 members (excludes halogenated alkanes) is 2. The molecule has 6 aromatic rings. The number of rotatable bonds is 44. The number of aliphatic hydroxyl groups is 1. The largest absolute Gasteiger partial charge is 0.508 e. The second-order valence-electron chi connectivity index (χ2n) is 24.8. The van der Waals surface area contributed by atoms with Gasteiger partial charge < -0.3 is 69.9 Å². The number of fused-ring (bicyclic) bond motifs is 1. The second kappa shape index (κ2) is 39.5. The Morgan fingerprint density at radius 3 is 1.61 bits per heavy atom. The Hall–Kier alpha value is -9.29. The Labute approximate surface area is 560 Å². The zero-order chi connectivity index (χ0) is 69.5. The van der Waals surface area contributed by atoms with Crippen molar-refractivity contribution in [1.82, 2.24) is 26.3 Å². The molecule has 0 spiro atoms. The topological polar surface area (TPSA) is 400 Å². The van der Waals surface area contributed by atoms with Gasteiger partial charge in [-0.3, -0.25) is 43.3 Å². The van der Waals surface area contributed by atoms with E-state index in [0.29, 0.717) is 66.3 Å². The van der Waals surface area contributed by atoms with E-state index < -0.39 is 125 Å². The number of aliphatic imine (C=N–C) groups is 1. The molecule has 0 aliphatic rings. The molecule has 96 heavy (non-hydrogen) atoms. The Kier molecular flexibility index (Phi) is 31.2. The number of phenols is 1. The van der Waals surface area contributed by atoms with Crippen molar-refractivity contribution >= 4 is 69.9 Å². The van der Waals surface area contributed by atoms with Crippen LogP contribution in [0.5, 0.6) is 5.75 Å². The van der Waals surface area contributed by atoms with Gasteiger partial charge in [0.05, 0.1) is 30.3 Å². The third-order valence-electron chi connectivity index (χ3n) is 17.2. The van der Waals surface area contributed by atoms with Crippen LogP contribution in [0.4, 0.5) is 4.39 Å². The second-order valence-corrected chi connectivity index (χ2v) is 24.8. The molecule has 0 saturated heterocycles. The van der Waals surface area contributed by atoms with E-state index in [-0.39, 0.29) is 95.4 Å². The molecule has 0 saturated carbocycles. The lowest BCUT2D eigenvalue weighted by Crippen LogP contribution is -2.51. The van der Waals surface area contributed by atoms with Gasteiger partial charge in [0, 0.05) is 79.4 Å². The van der Waals surface area contributed by atoms with Crippen molar-refractivity contribution in [1.29, 1.82) is 0 Å². The van der Waals surface area contributed by atoms with Gasteiger partial charge in [0.15, 0.2) is 29.1 Å². The van der Waals surface area contributed by atoms with Gasteiger partial charge in [-0.15, -0.1) is 0 Å². The van der Waals surface area contributed by atoms with Crippen LogP contribution in [-0.2, 0) is 75.3 Å². The van der Waals surface area contributed by atoms with Crippen molar-refractivity contribution < 1.29 is 57.8 Å². The molecule has 0 bridgehead atoms. The number of ketones is 4. The van der Waals surface area contributed by atoms with Gasteiger partial charge in [-0.1, -0.05) is 110 Å². The first-order valence-electron chi connectivity index (χ1n) is 33.0. The number of benzene rings is 5. The van der Waals surface area contributed by atoms with Crippen LogP contribution in [0.15, 0.2) is 145 Å². The van der Waals surface area contributed by atoms with E-state index in [9.17, 15) is 43.4 Å². The van der Waals surface area contributed by atoms with Crippen LogP contribution in [0.25, 0.3) is 10.9 Å². The van der Waals surface area contributed by atoms with E-state index in [1.807, 2.05) is 24.3 Å². The number of H-pyrrole nitrogens is 1. The number of Topliss-reactive ketones (excluding diaryl/α,β-unsaturated/α-hetero) is 4. The first-order valence-corrected chi connectivity index (χ1v) is 33.0. The zero-order valence-electron chi connectivity index (χ0n) is 54.6. The number of nitrogens with one attached hydrogen (secondary N) is 5. The predicted molar refractivity (Wildman–Crippen MR) is 366 cm³/mol. The van der Waals surface area contributed by atoms with E-state index in [4.69, 9.17) is 28.7 Å². The smallest absolute Gasteiger partial charge is 0.237 e. The lowest BCUT2D eigenvalue weighted by atomic mass is 9.87. The fraction of sp³-hybridized carbons (Fsp3) is 0.425. The van der Waals surface area contributed by atoms with E-state index in [2.05, 4.69) is 31.2 Å². The van der Waals surface area contributed by atoms with Crippen LogP contribution in [0, 0.1) is 29.5 Å². The summed E-state index contributed by atoms with van der Waals surface area (Å²) in [6.07, 6.45) is 1.89. The molecule has 0 aliphatic heterocycles. The van der Waals surface area contributed by atoms with Crippen molar-refractivity contribution in [3.8, 4) is 5.75 Å². The summed E-state index contributed by atoms with van der Waals surface area (Å²) in [6.45, 7) is 2.02. The molecule has 0 radical (unpaired) electrons. The van der Waals surface area contributed by atoms with Crippen molar-refractivity contribution in [2.45, 2.75) is 152 Å². The number of halogens is 1. The third-order valence-corrected chi connectivity index (χ3v) is 17.2. The summed E-state index contributed by atoms with van der Waals surface area (Å²) in [5, 5.41) is 32.9. The minimum Gasteiger partial charge on any atom is -0.508 e. The maximum atomic E-state index is 15.3. The monoisotopic (exact) mass is 1320 g/mol. The summed E-state index contributed by atoms with van der Waals surface area (Å²) in [7, 11) is 0. The Morgan fingerprint density at radius 2 is 1.02 bits per heavy atom. The number of aromatic nitrogens is 1. The van der Waals surface area contributed by atoms with Crippen molar-refractivity contribution in [3.05, 3.63) is 173 Å². The molecule has 1 aromatic heterocycles. The molecule has 0 aliphatic carbocycles. The first kappa shape index (κ1) is 75.7. The third kappa shape index (κ3) is 25.1. The van der Waals surface area contributed by atoms with Gasteiger partial charge in [0.2, 0.25) is 23.6 Å². The zero-order valence-corrected chi connectivity index (χ0v) is 54.6. The number of amides is 4. The lowest BCUT2D eigenvalue weighted by Gasteiger charge is -2.27. The van der Waals surface area contributed by atoms with Crippen LogP contribution < -0.4 is 49.9 Å². The molecule has 1 heterocycles. The van der Waals surface area contributed by atoms with E-state index in [0.717, 1.165) is 10.9 Å². The van der Waals surface area contributed by atoms with Crippen molar-refractivity contribution in [3.63, 3.8) is 0 Å². The van der Waals surface area contributed by atoms with E-state index in [1.165, 1.54) is 43.3 Å². The minimum atomic E-state index is -1.48. The molecule has 10 atom stereocenters. The van der Waals surface area contributed by atoms with Crippen LogP contribution in [-0.4, -0.2) is 130 Å². The van der Waals surface area contributed by atoms with Gasteiger partial charge in [-0.25, -0.2) is 4.39 Å². The number of para-hydroxylation sites is 1. The standard InChI is InChI=1S/C73H94FN11O11/c1-46(87)68(67(92)39-51(45-86)35-49-24-28-56(74)29-25-49)85-70(94)52(19-10-12-32-75)42-65(90)63(40-55-44-81-60-22-9-8-21-58(55)60)84-71(95)54(36-47-15-4-2-5-16-47)43-66(91)62(38-48-17-6-3-7-18-48)83-69(93)53(20-14-34-80-73(78)79)41-64(89)61(23-11-13-33-76)82-72(96)59(77)37-50-26-30-57(88)31-27-50/h2-9,15-18,21-22,24-31,44-46,51-54,59,61-63,68,81,87-88H,10-14,19-20,23,32-43,75-77H2,1H3,(H,82,96)(H,83,93)(H,84,95)(H,85,94)(H4,78,79,80)/t46-,51-,52-,53-,54-,59-,61-,62+,63-,68+/m1/s1. The Bertz CT molecular complexity index is 3510. The first-order chi connectivity index (χ1) is 46.1. The van der Waals surface area contributed by atoms with Gasteiger partial charge in [0.25, 0.3) is 0 Å². The quantitative estimate of drug-likeness (QED) is 0.0104. The van der Waals surface area contributed by atoms with Crippen LogP contribution in [0.1, 0.15) is 112 Å². The van der Waals surface area contributed by atoms with E-state index >= 15 is 14.4 Å². The number of guanidine groups is 1. The molecular formula is C73H94FN11O11. The molecule has 5 aromatic carbocycles. The van der Waals surface area contributed by atoms with Crippen molar-refractivity contribution in [2.24, 2.45) is 57.3 Å². The molecule has 22 nitrogen and oxygen atoms in total. The average Bonchev–Trinajstić information content (AvgIpc) is 1.63. The molecular weight excluding hydrogens is 1230 g/mol. The van der Waals surface area contributed by atoms with Gasteiger partial charge in [-0.2, -0.15) is 0 Å². The number of hydrogen-bond donors (Lipinski definition) is 12. The Balaban J connectivity index is 1.29. The predicted octanol–water partition coefficient (Wildman–Crippen LogP) is 4.99. The maximum absolute atomic E-state index is 15.3. The summed E-state index contributed by atoms with van der Waals surface area (Å²) >= 11 is 0. The molecule has 23 heteroatoms. The number of aromatic hydroxyl groups is 1. The minimum absolute atomic E-state index is 0.00390. The van der Waals surface area contributed by atoms with Crippen LogP contribution in [0.3, 0.4) is 0 Å². The van der Waals surface area contributed by atoms with Crippen LogP contribution >= 0.6 is 0 Å². The molecule has 6 rings (SSSR count). The number of aromatic amines is 1. The number of aliphatic hydroxyl groups excluding tert-OH is 1.